The molecule has 2 aromatic heterocycles. The van der Waals surface area contributed by atoms with Gasteiger partial charge in [-0.2, -0.15) is 15.0 Å². The number of hydrogen-bond acceptors (Lipinski definition) is 10. The van der Waals surface area contributed by atoms with Gasteiger partial charge in [-0.25, -0.2) is 13.8 Å². The molecule has 0 amide bonds. The fraction of sp³-hybridized carbons (Fsp3) is 0.500. The Hall–Kier alpha value is -3.45. The van der Waals surface area contributed by atoms with E-state index in [4.69, 9.17) is 4.74 Å². The number of rotatable bonds is 6. The zero-order valence-corrected chi connectivity index (χ0v) is 19.3. The van der Waals surface area contributed by atoms with Crippen molar-refractivity contribution in [3.63, 3.8) is 0 Å². The van der Waals surface area contributed by atoms with Crippen molar-refractivity contribution in [2.45, 2.75) is 13.3 Å². The second kappa shape index (κ2) is 9.66. The first kappa shape index (κ1) is 23.3. The summed E-state index contributed by atoms with van der Waals surface area (Å²) in [6.45, 7) is 6.53. The highest BCUT2D eigenvalue weighted by molar-refractivity contribution is 5.83. The van der Waals surface area contributed by atoms with Crippen LogP contribution < -0.4 is 9.80 Å². The Morgan fingerprint density at radius 2 is 1.60 bits per heavy atom. The van der Waals surface area contributed by atoms with Gasteiger partial charge in [-0.3, -0.25) is 14.3 Å². The molecule has 0 unspecified atom stereocenters. The van der Waals surface area contributed by atoms with Crippen molar-refractivity contribution in [2.75, 3.05) is 68.8 Å². The quantitative estimate of drug-likeness (QED) is 0.546. The number of benzene rings is 1. The maximum absolute atomic E-state index is 14.0. The molecule has 2 saturated heterocycles. The number of nitrogens with zero attached hydrogens (tertiary/aromatic N) is 8. The number of Topliss-reactive ketones (excluding diaryl/α,β-unsaturated/α-hetero) is 1. The summed E-state index contributed by atoms with van der Waals surface area (Å²) in [6, 6.07) is 4.55. The first-order valence-corrected chi connectivity index (χ1v) is 11.4. The molecule has 2 aliphatic heterocycles. The Bertz CT molecular complexity index is 1220. The molecule has 0 spiro atoms. The first-order chi connectivity index (χ1) is 16.9. The van der Waals surface area contributed by atoms with Gasteiger partial charge in [0.2, 0.25) is 17.8 Å². The molecule has 35 heavy (non-hydrogen) atoms. The number of morpholine rings is 1. The van der Waals surface area contributed by atoms with E-state index in [0.717, 1.165) is 0 Å². The van der Waals surface area contributed by atoms with Crippen LogP contribution >= 0.6 is 0 Å². The Morgan fingerprint density at radius 3 is 2.23 bits per heavy atom. The number of aromatic nitrogens is 5. The van der Waals surface area contributed by atoms with Crippen molar-refractivity contribution in [1.82, 2.24) is 29.4 Å². The lowest BCUT2D eigenvalue weighted by atomic mass is 10.3. The summed E-state index contributed by atoms with van der Waals surface area (Å²) < 4.78 is 34.7. The third kappa shape index (κ3) is 4.73. The summed E-state index contributed by atoms with van der Waals surface area (Å²) in [5.41, 5.74) is 0.326. The van der Waals surface area contributed by atoms with E-state index in [1.165, 1.54) is 10.6 Å². The number of carbonyl (C=O) groups is 1. The maximum Gasteiger partial charge on any atom is 0.296 e. The van der Waals surface area contributed by atoms with Crippen molar-refractivity contribution in [2.24, 2.45) is 0 Å². The molecular weight excluding hydrogens is 462 g/mol. The van der Waals surface area contributed by atoms with E-state index in [9.17, 15) is 18.7 Å². The molecule has 0 radical (unpaired) electrons. The van der Waals surface area contributed by atoms with Gasteiger partial charge in [-0.15, -0.1) is 0 Å². The molecule has 2 aliphatic rings. The zero-order chi connectivity index (χ0) is 24.5. The summed E-state index contributed by atoms with van der Waals surface area (Å²) >= 11 is 0. The number of phenols is 1. The summed E-state index contributed by atoms with van der Waals surface area (Å²) in [5.74, 6) is 0.0736. The largest absolute Gasteiger partial charge is 0.506 e. The Labute approximate surface area is 200 Å². The number of imidazole rings is 1. The van der Waals surface area contributed by atoms with E-state index in [2.05, 4.69) is 24.8 Å². The van der Waals surface area contributed by atoms with Crippen LogP contribution in [0.3, 0.4) is 0 Å². The Balaban J connectivity index is 1.58. The lowest BCUT2D eigenvalue weighted by Crippen LogP contribution is -2.48. The van der Waals surface area contributed by atoms with Crippen LogP contribution in [0.4, 0.5) is 20.7 Å². The average Bonchev–Trinajstić information content (AvgIpc) is 3.26. The summed E-state index contributed by atoms with van der Waals surface area (Å²) in [7, 11) is 0. The number of aromatic hydroxyl groups is 1. The molecule has 11 nitrogen and oxygen atoms in total. The van der Waals surface area contributed by atoms with Crippen molar-refractivity contribution in [1.29, 1.82) is 0 Å². The van der Waals surface area contributed by atoms with Gasteiger partial charge in [0.15, 0.2) is 5.82 Å². The molecule has 13 heteroatoms. The molecule has 5 rings (SSSR count). The number of hydrogen-bond donors (Lipinski definition) is 1. The van der Waals surface area contributed by atoms with Crippen LogP contribution in [-0.2, 0) is 9.53 Å². The molecule has 186 valence electrons. The zero-order valence-electron chi connectivity index (χ0n) is 19.3. The van der Waals surface area contributed by atoms with Gasteiger partial charge < -0.3 is 19.6 Å². The van der Waals surface area contributed by atoms with Crippen LogP contribution in [0, 0.1) is 0 Å². The van der Waals surface area contributed by atoms with Crippen molar-refractivity contribution < 1.29 is 23.4 Å². The SMILES string of the molecule is CC(=O)CN1CCN(c2nc(N3CCOCC3)nc(-n3c(C(F)F)nc4c(O)cccc43)n2)CC1. The van der Waals surface area contributed by atoms with Gasteiger partial charge in [0.05, 0.1) is 25.3 Å². The third-order valence-electron chi connectivity index (χ3n) is 6.08. The van der Waals surface area contributed by atoms with E-state index >= 15 is 0 Å². The topological polar surface area (TPSA) is 113 Å². The minimum absolute atomic E-state index is 0.00561. The number of anilines is 2. The fourth-order valence-electron chi connectivity index (χ4n) is 4.37. The van der Waals surface area contributed by atoms with Crippen LogP contribution in [0.2, 0.25) is 0 Å². The van der Waals surface area contributed by atoms with Crippen LogP contribution in [0.1, 0.15) is 19.2 Å². The average molecular weight is 488 g/mol. The molecule has 1 N–H and O–H groups in total. The van der Waals surface area contributed by atoms with Crippen molar-refractivity contribution in [3.05, 3.63) is 24.0 Å². The lowest BCUT2D eigenvalue weighted by molar-refractivity contribution is -0.118. The number of para-hydroxylation sites is 1. The van der Waals surface area contributed by atoms with E-state index in [0.29, 0.717) is 70.9 Å². The highest BCUT2D eigenvalue weighted by Crippen LogP contribution is 2.32. The van der Waals surface area contributed by atoms with Gasteiger partial charge in [-0.05, 0) is 19.1 Å². The second-order valence-corrected chi connectivity index (χ2v) is 8.55. The van der Waals surface area contributed by atoms with Gasteiger partial charge in [-0.1, -0.05) is 6.07 Å². The molecule has 0 aliphatic carbocycles. The minimum atomic E-state index is -2.91. The smallest absolute Gasteiger partial charge is 0.296 e. The van der Waals surface area contributed by atoms with Crippen molar-refractivity contribution in [3.8, 4) is 11.7 Å². The number of carbonyl (C=O) groups excluding carboxylic acids is 1. The lowest BCUT2D eigenvalue weighted by Gasteiger charge is -2.35. The minimum Gasteiger partial charge on any atom is -0.506 e. The van der Waals surface area contributed by atoms with Crippen molar-refractivity contribution >= 4 is 28.7 Å². The van der Waals surface area contributed by atoms with Gasteiger partial charge in [0, 0.05) is 39.3 Å². The Morgan fingerprint density at radius 1 is 0.971 bits per heavy atom. The van der Waals surface area contributed by atoms with Gasteiger partial charge in [0.25, 0.3) is 6.43 Å². The molecule has 1 aromatic carbocycles. The third-order valence-corrected chi connectivity index (χ3v) is 6.08. The Kier molecular flexibility index (Phi) is 6.43. The molecular formula is C22H26F2N8O3. The molecule has 0 saturated carbocycles. The molecule has 3 aromatic rings. The molecule has 4 heterocycles. The van der Waals surface area contributed by atoms with Crippen LogP contribution in [0.25, 0.3) is 17.0 Å². The van der Waals surface area contributed by atoms with E-state index in [-0.39, 0.29) is 28.5 Å². The number of piperazine rings is 1. The first-order valence-electron chi connectivity index (χ1n) is 11.4. The van der Waals surface area contributed by atoms with E-state index in [1.54, 1.807) is 19.1 Å². The number of ketones is 1. The summed E-state index contributed by atoms with van der Waals surface area (Å²) in [6.07, 6.45) is -2.91. The number of ether oxygens (including phenoxy) is 1. The standard InChI is InChI=1S/C22H26F2N8O3/c1-14(33)13-29-5-7-30(8-6-29)20-26-21(31-9-11-35-12-10-31)28-22(27-20)32-15-3-2-4-16(34)17(15)25-19(32)18(23)24/h2-4,18,34H,5-13H2,1H3. The van der Waals surface area contributed by atoms with E-state index < -0.39 is 12.2 Å². The highest BCUT2D eigenvalue weighted by atomic mass is 19.3. The predicted octanol–water partition coefficient (Wildman–Crippen LogP) is 1.40. The molecule has 0 bridgehead atoms. The number of phenolic OH excluding ortho intramolecular Hbond substituents is 1. The number of halogens is 2. The van der Waals surface area contributed by atoms with Gasteiger partial charge in [0.1, 0.15) is 17.0 Å². The highest BCUT2D eigenvalue weighted by Gasteiger charge is 2.27. The fourth-order valence-corrected chi connectivity index (χ4v) is 4.37. The van der Waals surface area contributed by atoms with Crippen LogP contribution in [0.15, 0.2) is 18.2 Å². The number of fused-ring (bicyclic) bond motifs is 1. The van der Waals surface area contributed by atoms with Gasteiger partial charge >= 0.3 is 0 Å². The normalized spacial score (nSPS) is 17.5. The van der Waals surface area contributed by atoms with Crippen LogP contribution in [-0.4, -0.2) is 99.3 Å². The monoisotopic (exact) mass is 488 g/mol. The van der Waals surface area contributed by atoms with Crippen LogP contribution in [0.5, 0.6) is 5.75 Å². The maximum atomic E-state index is 14.0. The number of alkyl halides is 2. The molecule has 0 atom stereocenters. The van der Waals surface area contributed by atoms with E-state index in [1.807, 2.05) is 9.80 Å². The summed E-state index contributed by atoms with van der Waals surface area (Å²) in [4.78, 5) is 35.2. The second-order valence-electron chi connectivity index (χ2n) is 8.55. The summed E-state index contributed by atoms with van der Waals surface area (Å²) in [5, 5.41) is 10.2. The molecule has 2 fully saturated rings. The predicted molar refractivity (Wildman–Crippen MR) is 123 cm³/mol.